The number of guanidine groups is 1. The summed E-state index contributed by atoms with van der Waals surface area (Å²) in [5.41, 5.74) is 2.44. The third-order valence-electron chi connectivity index (χ3n) is 4.30. The van der Waals surface area contributed by atoms with Crippen molar-refractivity contribution < 1.29 is 14.2 Å². The van der Waals surface area contributed by atoms with E-state index in [0.717, 1.165) is 64.1 Å². The number of benzene rings is 1. The maximum absolute atomic E-state index is 5.83. The van der Waals surface area contributed by atoms with Crippen molar-refractivity contribution in [2.24, 2.45) is 10.9 Å². The van der Waals surface area contributed by atoms with E-state index in [0.29, 0.717) is 19.1 Å². The summed E-state index contributed by atoms with van der Waals surface area (Å²) in [6.45, 7) is 12.4. The minimum atomic E-state index is 0.574. The van der Waals surface area contributed by atoms with Crippen molar-refractivity contribution in [1.29, 1.82) is 0 Å². The molecule has 2 rings (SSSR count). The summed E-state index contributed by atoms with van der Waals surface area (Å²) in [6.07, 6.45) is 2.04. The Morgan fingerprint density at radius 3 is 2.70 bits per heavy atom. The van der Waals surface area contributed by atoms with Crippen LogP contribution < -0.4 is 15.4 Å². The Bertz CT molecular complexity index is 552. The zero-order valence-electron chi connectivity index (χ0n) is 17.1. The lowest BCUT2D eigenvalue weighted by atomic mass is 10.1. The van der Waals surface area contributed by atoms with E-state index in [1.54, 1.807) is 0 Å². The van der Waals surface area contributed by atoms with Crippen LogP contribution in [-0.2, 0) is 9.47 Å². The second kappa shape index (κ2) is 12.6. The van der Waals surface area contributed by atoms with Gasteiger partial charge in [0.15, 0.2) is 5.96 Å². The summed E-state index contributed by atoms with van der Waals surface area (Å²) in [7, 11) is 0. The highest BCUT2D eigenvalue weighted by Crippen LogP contribution is 2.15. The van der Waals surface area contributed by atoms with Gasteiger partial charge in [-0.05, 0) is 56.9 Å². The van der Waals surface area contributed by atoms with Gasteiger partial charge in [0.1, 0.15) is 12.4 Å². The van der Waals surface area contributed by atoms with Gasteiger partial charge in [-0.25, -0.2) is 0 Å². The molecular formula is C21H35N3O3. The molecule has 1 aromatic carbocycles. The predicted octanol–water partition coefficient (Wildman–Crippen LogP) is 2.68. The van der Waals surface area contributed by atoms with E-state index in [2.05, 4.69) is 54.6 Å². The largest absolute Gasteiger partial charge is 0.492 e. The number of rotatable bonds is 11. The molecule has 0 amide bonds. The van der Waals surface area contributed by atoms with E-state index in [9.17, 15) is 0 Å². The fourth-order valence-electron chi connectivity index (χ4n) is 3.02. The van der Waals surface area contributed by atoms with Crippen LogP contribution in [0.5, 0.6) is 5.75 Å². The summed E-state index contributed by atoms with van der Waals surface area (Å²) in [4.78, 5) is 4.59. The Balaban J connectivity index is 1.59. The predicted molar refractivity (Wildman–Crippen MR) is 110 cm³/mol. The maximum atomic E-state index is 5.83. The molecule has 1 heterocycles. The van der Waals surface area contributed by atoms with Crippen LogP contribution in [-0.4, -0.2) is 58.6 Å². The highest BCUT2D eigenvalue weighted by atomic mass is 16.5. The molecule has 0 aliphatic carbocycles. The fraction of sp³-hybridized carbons (Fsp3) is 0.667. The Kier molecular flexibility index (Phi) is 10.0. The van der Waals surface area contributed by atoms with Crippen molar-refractivity contribution >= 4 is 5.96 Å². The zero-order chi connectivity index (χ0) is 19.3. The molecular weight excluding hydrogens is 342 g/mol. The molecule has 27 heavy (non-hydrogen) atoms. The van der Waals surface area contributed by atoms with Gasteiger partial charge in [0.25, 0.3) is 0 Å². The lowest BCUT2D eigenvalue weighted by Crippen LogP contribution is -2.39. The number of aryl methyl sites for hydroxylation is 2. The number of ether oxygens (including phenoxy) is 3. The van der Waals surface area contributed by atoms with Crippen molar-refractivity contribution in [3.63, 3.8) is 0 Å². The van der Waals surface area contributed by atoms with Crippen LogP contribution in [0.15, 0.2) is 23.2 Å². The van der Waals surface area contributed by atoms with Gasteiger partial charge < -0.3 is 24.8 Å². The molecule has 0 bridgehead atoms. The van der Waals surface area contributed by atoms with Crippen molar-refractivity contribution in [1.82, 2.24) is 10.6 Å². The monoisotopic (exact) mass is 377 g/mol. The lowest BCUT2D eigenvalue weighted by molar-refractivity contribution is 0.0893. The molecule has 0 spiro atoms. The Morgan fingerprint density at radius 2 is 2.00 bits per heavy atom. The third kappa shape index (κ3) is 9.11. The molecule has 1 fully saturated rings. The second-order valence-electron chi connectivity index (χ2n) is 7.02. The molecule has 1 aromatic rings. The quantitative estimate of drug-likeness (QED) is 0.353. The van der Waals surface area contributed by atoms with Crippen LogP contribution in [0.3, 0.4) is 0 Å². The second-order valence-corrected chi connectivity index (χ2v) is 7.02. The van der Waals surface area contributed by atoms with Gasteiger partial charge in [0.05, 0.1) is 19.8 Å². The first-order valence-corrected chi connectivity index (χ1v) is 10.1. The molecule has 0 saturated carbocycles. The van der Waals surface area contributed by atoms with Crippen LogP contribution >= 0.6 is 0 Å². The molecule has 1 atom stereocenters. The topological polar surface area (TPSA) is 64.1 Å². The zero-order valence-corrected chi connectivity index (χ0v) is 17.1. The van der Waals surface area contributed by atoms with Crippen LogP contribution in [0.4, 0.5) is 0 Å². The lowest BCUT2D eigenvalue weighted by Gasteiger charge is -2.13. The van der Waals surface area contributed by atoms with Gasteiger partial charge in [-0.3, -0.25) is 4.99 Å². The number of aliphatic imine (C=N–C) groups is 1. The summed E-state index contributed by atoms with van der Waals surface area (Å²) in [6, 6.07) is 6.26. The third-order valence-corrected chi connectivity index (χ3v) is 4.30. The molecule has 1 saturated heterocycles. The number of hydrogen-bond donors (Lipinski definition) is 2. The van der Waals surface area contributed by atoms with E-state index >= 15 is 0 Å². The fourth-order valence-corrected chi connectivity index (χ4v) is 3.02. The average molecular weight is 378 g/mol. The van der Waals surface area contributed by atoms with Crippen molar-refractivity contribution in [3.05, 3.63) is 29.3 Å². The van der Waals surface area contributed by atoms with E-state index < -0.39 is 0 Å². The van der Waals surface area contributed by atoms with Crippen molar-refractivity contribution in [2.45, 2.75) is 33.6 Å². The highest BCUT2D eigenvalue weighted by molar-refractivity contribution is 5.79. The number of hydrogen-bond acceptors (Lipinski definition) is 4. The average Bonchev–Trinajstić information content (AvgIpc) is 3.14. The molecule has 1 aliphatic rings. The summed E-state index contributed by atoms with van der Waals surface area (Å²) in [5, 5.41) is 6.57. The van der Waals surface area contributed by atoms with Gasteiger partial charge in [-0.15, -0.1) is 0 Å². The van der Waals surface area contributed by atoms with Gasteiger partial charge in [-0.2, -0.15) is 0 Å². The first kappa shape index (κ1) is 21.5. The summed E-state index contributed by atoms with van der Waals surface area (Å²) >= 11 is 0. The Labute approximate surface area is 163 Å². The highest BCUT2D eigenvalue weighted by Gasteiger charge is 2.15. The molecule has 6 heteroatoms. The molecule has 0 aromatic heterocycles. The normalized spacial score (nSPS) is 17.1. The van der Waals surface area contributed by atoms with E-state index in [4.69, 9.17) is 14.2 Å². The van der Waals surface area contributed by atoms with Gasteiger partial charge in [0.2, 0.25) is 0 Å². The van der Waals surface area contributed by atoms with E-state index in [1.807, 2.05) is 0 Å². The van der Waals surface area contributed by atoms with Crippen LogP contribution in [0.1, 0.15) is 30.9 Å². The molecule has 0 radical (unpaired) electrons. The summed E-state index contributed by atoms with van der Waals surface area (Å²) in [5.74, 6) is 2.32. The Morgan fingerprint density at radius 1 is 1.19 bits per heavy atom. The molecule has 1 unspecified atom stereocenters. The first-order chi connectivity index (χ1) is 13.2. The SMILES string of the molecule is CCNC(=NCCCOCC1CCOC1)NCCOc1cc(C)cc(C)c1. The van der Waals surface area contributed by atoms with E-state index in [1.165, 1.54) is 11.1 Å². The number of nitrogens with one attached hydrogen (secondary N) is 2. The van der Waals surface area contributed by atoms with Crippen LogP contribution in [0.2, 0.25) is 0 Å². The standard InChI is InChI=1S/C21H35N3O3/c1-4-22-21(23-7-5-9-25-15-19-6-10-26-16-19)24-8-11-27-20-13-17(2)12-18(3)14-20/h12-14,19H,4-11,15-16H2,1-3H3,(H2,22,23,24). The molecule has 152 valence electrons. The number of nitrogens with zero attached hydrogens (tertiary/aromatic N) is 1. The van der Waals surface area contributed by atoms with Gasteiger partial charge in [0, 0.05) is 32.2 Å². The molecule has 2 N–H and O–H groups in total. The minimum Gasteiger partial charge on any atom is -0.492 e. The minimum absolute atomic E-state index is 0.574. The maximum Gasteiger partial charge on any atom is 0.191 e. The smallest absolute Gasteiger partial charge is 0.191 e. The van der Waals surface area contributed by atoms with E-state index in [-0.39, 0.29) is 0 Å². The van der Waals surface area contributed by atoms with Crippen LogP contribution in [0, 0.1) is 19.8 Å². The summed E-state index contributed by atoms with van der Waals surface area (Å²) < 4.78 is 16.9. The molecule has 6 nitrogen and oxygen atoms in total. The molecule has 1 aliphatic heterocycles. The first-order valence-electron chi connectivity index (χ1n) is 10.1. The van der Waals surface area contributed by atoms with Gasteiger partial charge >= 0.3 is 0 Å². The van der Waals surface area contributed by atoms with Crippen LogP contribution in [0.25, 0.3) is 0 Å². The van der Waals surface area contributed by atoms with Crippen molar-refractivity contribution in [3.8, 4) is 5.75 Å². The van der Waals surface area contributed by atoms with Crippen molar-refractivity contribution in [2.75, 3.05) is 52.7 Å². The Hall–Kier alpha value is -1.79. The van der Waals surface area contributed by atoms with Gasteiger partial charge in [-0.1, -0.05) is 6.07 Å².